The molecular weight excluding hydrogens is 391 g/mol. The molecule has 3 aliphatic rings. The van der Waals surface area contributed by atoms with Crippen LogP contribution in [0.5, 0.6) is 11.5 Å². The molecule has 2 fully saturated rings. The van der Waals surface area contributed by atoms with Crippen molar-refractivity contribution in [2.24, 2.45) is 5.73 Å². The number of aromatic carboxylic acids is 1. The molecule has 1 aromatic heterocycles. The summed E-state index contributed by atoms with van der Waals surface area (Å²) in [5, 5.41) is 19.7. The fraction of sp³-hybridized carbons (Fsp3) is 0.421. The van der Waals surface area contributed by atoms with Crippen LogP contribution in [0.1, 0.15) is 45.8 Å². The molecular formula is C19H21BN4O6. The summed E-state index contributed by atoms with van der Waals surface area (Å²) in [6.45, 7) is 2.37. The number of likely N-dealkylation sites (tertiary alicyclic amines) is 1. The van der Waals surface area contributed by atoms with Gasteiger partial charge in [0.05, 0.1) is 25.0 Å². The number of carboxylic acid groups (broad SMARTS) is 1. The Bertz CT molecular complexity index is 1040. The molecule has 1 aromatic carbocycles. The second-order valence-electron chi connectivity index (χ2n) is 8.06. The van der Waals surface area contributed by atoms with Gasteiger partial charge in [0.15, 0.2) is 0 Å². The summed E-state index contributed by atoms with van der Waals surface area (Å²) in [6, 6.07) is 2.58. The van der Waals surface area contributed by atoms with Gasteiger partial charge in [0.1, 0.15) is 35.0 Å². The average molecular weight is 412 g/mol. The number of aromatic nitrogens is 2. The molecule has 11 heteroatoms. The van der Waals surface area contributed by atoms with Crippen LogP contribution in [0.4, 0.5) is 0 Å². The number of hydrogen-bond donors (Lipinski definition) is 4. The number of fused-ring (bicyclic) bond motifs is 3. The maximum absolute atomic E-state index is 12.5. The van der Waals surface area contributed by atoms with E-state index in [1.807, 2.05) is 0 Å². The number of imidazole rings is 1. The van der Waals surface area contributed by atoms with Gasteiger partial charge in [-0.1, -0.05) is 6.07 Å². The number of H-pyrrole nitrogens is 1. The predicted octanol–water partition coefficient (Wildman–Crippen LogP) is 0.436. The molecule has 5 rings (SSSR count). The molecule has 5 N–H and O–H groups in total. The summed E-state index contributed by atoms with van der Waals surface area (Å²) in [7, 11) is -1.000. The van der Waals surface area contributed by atoms with E-state index in [0.717, 1.165) is 12.0 Å². The van der Waals surface area contributed by atoms with E-state index in [4.69, 9.17) is 15.1 Å². The minimum atomic E-state index is -1.18. The van der Waals surface area contributed by atoms with Crippen LogP contribution in [0.2, 0.25) is 5.82 Å². The Morgan fingerprint density at radius 3 is 2.87 bits per heavy atom. The highest BCUT2D eigenvalue weighted by Crippen LogP contribution is 2.60. The van der Waals surface area contributed by atoms with Crippen molar-refractivity contribution in [3.63, 3.8) is 0 Å². The van der Waals surface area contributed by atoms with E-state index in [-0.39, 0.29) is 40.8 Å². The Balaban J connectivity index is 1.28. The van der Waals surface area contributed by atoms with Gasteiger partial charge in [0.2, 0.25) is 5.91 Å². The zero-order valence-electron chi connectivity index (χ0n) is 16.2. The number of amides is 1. The van der Waals surface area contributed by atoms with Gasteiger partial charge in [0, 0.05) is 5.82 Å². The molecule has 0 radical (unpaired) electrons. The first-order valence-electron chi connectivity index (χ1n) is 9.81. The average Bonchev–Trinajstić information content (AvgIpc) is 3.37. The zero-order valence-corrected chi connectivity index (χ0v) is 16.2. The van der Waals surface area contributed by atoms with Crippen molar-refractivity contribution in [1.82, 2.24) is 14.9 Å². The Morgan fingerprint density at radius 2 is 2.20 bits per heavy atom. The first-order valence-corrected chi connectivity index (χ1v) is 9.81. The van der Waals surface area contributed by atoms with Gasteiger partial charge < -0.3 is 35.1 Å². The van der Waals surface area contributed by atoms with Crippen LogP contribution in [0.25, 0.3) is 0 Å². The van der Waals surface area contributed by atoms with E-state index >= 15 is 0 Å². The fourth-order valence-electron chi connectivity index (χ4n) is 4.20. The van der Waals surface area contributed by atoms with E-state index in [1.165, 1.54) is 6.20 Å². The monoisotopic (exact) mass is 412 g/mol. The Labute approximate surface area is 172 Å². The van der Waals surface area contributed by atoms with Crippen LogP contribution in [0, 0.1) is 6.92 Å². The summed E-state index contributed by atoms with van der Waals surface area (Å²) in [6.07, 6.45) is 1.96. The second kappa shape index (κ2) is 6.74. The molecule has 156 valence electrons. The highest BCUT2D eigenvalue weighted by Gasteiger charge is 2.54. The van der Waals surface area contributed by atoms with Crippen molar-refractivity contribution < 1.29 is 29.1 Å². The topological polar surface area (TPSA) is 151 Å². The SMILES string of the molecule is Cc1ncc(C(N)C(=O)N2CC(Oc3ccc4c(c3C(=O)O)OB(O)C3CC43)C2)[nH]1. The van der Waals surface area contributed by atoms with E-state index in [2.05, 4.69) is 9.97 Å². The van der Waals surface area contributed by atoms with Crippen molar-refractivity contribution in [3.05, 3.63) is 41.0 Å². The van der Waals surface area contributed by atoms with Crippen LogP contribution in [0.3, 0.4) is 0 Å². The Morgan fingerprint density at radius 1 is 1.43 bits per heavy atom. The van der Waals surface area contributed by atoms with Crippen LogP contribution in [-0.4, -0.2) is 63.2 Å². The number of carboxylic acids is 1. The van der Waals surface area contributed by atoms with Crippen LogP contribution in [-0.2, 0) is 4.79 Å². The minimum Gasteiger partial charge on any atom is -0.535 e. The predicted molar refractivity (Wildman–Crippen MR) is 104 cm³/mol. The number of aryl methyl sites for hydroxylation is 1. The third-order valence-electron chi connectivity index (χ3n) is 5.98. The number of nitrogens with two attached hydrogens (primary N) is 1. The summed E-state index contributed by atoms with van der Waals surface area (Å²) in [4.78, 5) is 33.0. The van der Waals surface area contributed by atoms with Gasteiger partial charge in [-0.3, -0.25) is 4.79 Å². The number of benzene rings is 1. The maximum Gasteiger partial charge on any atom is 0.526 e. The van der Waals surface area contributed by atoms with Crippen LogP contribution in [0.15, 0.2) is 18.3 Å². The number of hydrogen-bond acceptors (Lipinski definition) is 7. The smallest absolute Gasteiger partial charge is 0.526 e. The van der Waals surface area contributed by atoms with Gasteiger partial charge in [-0.2, -0.15) is 0 Å². The minimum absolute atomic E-state index is 0.0278. The van der Waals surface area contributed by atoms with Crippen molar-refractivity contribution in [1.29, 1.82) is 0 Å². The van der Waals surface area contributed by atoms with E-state index in [1.54, 1.807) is 24.0 Å². The second-order valence-corrected chi connectivity index (χ2v) is 8.06. The molecule has 0 bridgehead atoms. The first-order chi connectivity index (χ1) is 14.3. The third-order valence-corrected chi connectivity index (χ3v) is 5.98. The molecule has 0 spiro atoms. The molecule has 1 saturated heterocycles. The molecule has 1 amide bonds. The number of carbonyl (C=O) groups is 2. The maximum atomic E-state index is 12.5. The fourth-order valence-corrected chi connectivity index (χ4v) is 4.20. The molecule has 2 aliphatic heterocycles. The van der Waals surface area contributed by atoms with Crippen molar-refractivity contribution in [3.8, 4) is 11.5 Å². The van der Waals surface area contributed by atoms with Crippen molar-refractivity contribution >= 4 is 19.0 Å². The molecule has 1 aliphatic carbocycles. The molecule has 10 nitrogen and oxygen atoms in total. The number of rotatable bonds is 5. The molecule has 1 saturated carbocycles. The van der Waals surface area contributed by atoms with Gasteiger partial charge >= 0.3 is 13.1 Å². The number of aromatic amines is 1. The number of carbonyl (C=O) groups excluding carboxylic acids is 1. The highest BCUT2D eigenvalue weighted by molar-refractivity contribution is 6.48. The summed E-state index contributed by atoms with van der Waals surface area (Å²) >= 11 is 0. The molecule has 2 aromatic rings. The van der Waals surface area contributed by atoms with E-state index in [9.17, 15) is 19.7 Å². The lowest BCUT2D eigenvalue weighted by Gasteiger charge is -2.40. The zero-order chi connectivity index (χ0) is 21.2. The van der Waals surface area contributed by atoms with Gasteiger partial charge in [0.25, 0.3) is 0 Å². The van der Waals surface area contributed by atoms with Gasteiger partial charge in [-0.25, -0.2) is 9.78 Å². The summed E-state index contributed by atoms with van der Waals surface area (Å²) in [5.74, 6) is -0.268. The van der Waals surface area contributed by atoms with Gasteiger partial charge in [-0.05, 0) is 30.9 Å². The van der Waals surface area contributed by atoms with E-state index < -0.39 is 19.1 Å². The van der Waals surface area contributed by atoms with Crippen molar-refractivity contribution in [2.45, 2.75) is 37.2 Å². The molecule has 3 atom stereocenters. The van der Waals surface area contributed by atoms with Crippen LogP contribution < -0.4 is 15.1 Å². The van der Waals surface area contributed by atoms with Crippen LogP contribution >= 0.6 is 0 Å². The normalized spacial score (nSPS) is 23.0. The first kappa shape index (κ1) is 19.0. The number of nitrogens with zero attached hydrogens (tertiary/aromatic N) is 2. The third kappa shape index (κ3) is 3.01. The lowest BCUT2D eigenvalue weighted by Crippen LogP contribution is -2.58. The number of nitrogens with one attached hydrogen (secondary N) is 1. The molecule has 30 heavy (non-hydrogen) atoms. The lowest BCUT2D eigenvalue weighted by molar-refractivity contribution is -0.141. The molecule has 3 heterocycles. The quantitative estimate of drug-likeness (QED) is 0.517. The summed E-state index contributed by atoms with van der Waals surface area (Å²) in [5.41, 5.74) is 7.25. The highest BCUT2D eigenvalue weighted by atomic mass is 16.5. The van der Waals surface area contributed by atoms with Gasteiger partial charge in [-0.15, -0.1) is 0 Å². The summed E-state index contributed by atoms with van der Waals surface area (Å²) < 4.78 is 11.4. The van der Waals surface area contributed by atoms with E-state index in [0.29, 0.717) is 24.6 Å². The van der Waals surface area contributed by atoms with Crippen molar-refractivity contribution in [2.75, 3.05) is 13.1 Å². The molecule has 3 unspecified atom stereocenters. The largest absolute Gasteiger partial charge is 0.535 e. The lowest BCUT2D eigenvalue weighted by atomic mass is 9.77. The Kier molecular flexibility index (Phi) is 4.26. The number of ether oxygens (including phenoxy) is 1. The standard InChI is InChI=1S/C19H21BN4O6/c1-8-22-5-13(23-8)16(21)18(25)24-6-9(7-24)29-14-3-2-10-11-4-12(11)20(28)30-17(10)15(14)19(26)27/h2-3,5,9,11-12,16,28H,4,6-7,21H2,1H3,(H,22,23)(H,26,27). The Hall–Kier alpha value is -3.05.